The molecule has 0 heterocycles. The van der Waals surface area contributed by atoms with Crippen LogP contribution in [0.5, 0.6) is 5.75 Å². The first-order valence-corrected chi connectivity index (χ1v) is 13.3. The highest BCUT2D eigenvalue weighted by Crippen LogP contribution is 2.15. The maximum atomic E-state index is 12.5. The third-order valence-electron chi connectivity index (χ3n) is 5.02. The molecule has 0 saturated heterocycles. The van der Waals surface area contributed by atoms with Crippen LogP contribution in [0.2, 0.25) is 0 Å². The summed E-state index contributed by atoms with van der Waals surface area (Å²) in [6.45, 7) is 3.77. The molecule has 0 aliphatic rings. The number of amides is 1. The minimum absolute atomic E-state index is 0.0913. The number of thiocarbonyl (C=S) groups is 1. The van der Waals surface area contributed by atoms with Gasteiger partial charge in [0, 0.05) is 24.4 Å². The Bertz CT molecular complexity index is 1230. The van der Waals surface area contributed by atoms with Crippen LogP contribution in [0.1, 0.15) is 22.8 Å². The van der Waals surface area contributed by atoms with Crippen molar-refractivity contribution in [3.8, 4) is 5.75 Å². The van der Waals surface area contributed by atoms with Crippen molar-refractivity contribution in [2.45, 2.75) is 18.2 Å². The number of carbonyl (C=O) groups is 1. The Hall–Kier alpha value is -3.31. The molecule has 0 atom stereocenters. The van der Waals surface area contributed by atoms with E-state index < -0.39 is 10.0 Å². The minimum Gasteiger partial charge on any atom is -0.491 e. The number of rotatable bonds is 12. The predicted molar refractivity (Wildman–Crippen MR) is 144 cm³/mol. The van der Waals surface area contributed by atoms with Gasteiger partial charge in [0.1, 0.15) is 12.4 Å². The van der Waals surface area contributed by atoms with Crippen LogP contribution in [-0.2, 0) is 21.2 Å². The topological polar surface area (TPSA) is 106 Å². The molecule has 0 fully saturated rings. The second-order valence-corrected chi connectivity index (χ2v) is 9.81. The van der Waals surface area contributed by atoms with Crippen LogP contribution in [0.15, 0.2) is 83.8 Å². The molecule has 3 N–H and O–H groups in total. The molecule has 3 rings (SSSR count). The molecule has 0 bridgehead atoms. The standard InChI is InChI=1S/C26H29N3O5S2/c1-2-33-18-19-34-23-12-8-21(9-13-23)25(30)29-26(35)28-22-10-14-24(15-11-22)36(31,32)27-17-16-20-6-4-3-5-7-20/h3-15,27H,2,16-19H2,1H3,(H2,28,29,30,35). The van der Waals surface area contributed by atoms with E-state index in [-0.39, 0.29) is 15.9 Å². The summed E-state index contributed by atoms with van der Waals surface area (Å²) >= 11 is 5.22. The Morgan fingerprint density at radius 3 is 2.28 bits per heavy atom. The molecule has 10 heteroatoms. The maximum absolute atomic E-state index is 12.5. The SMILES string of the molecule is CCOCCOc1ccc(C(=O)NC(=S)Nc2ccc(S(=O)(=O)NCCc3ccccc3)cc2)cc1. The van der Waals surface area contributed by atoms with Crippen molar-refractivity contribution >= 4 is 38.9 Å². The number of benzene rings is 3. The van der Waals surface area contributed by atoms with E-state index in [9.17, 15) is 13.2 Å². The number of anilines is 1. The summed E-state index contributed by atoms with van der Waals surface area (Å²) in [6, 6.07) is 22.4. The molecule has 0 radical (unpaired) electrons. The van der Waals surface area contributed by atoms with Crippen molar-refractivity contribution in [3.05, 3.63) is 90.0 Å². The molecule has 0 aromatic heterocycles. The molecule has 0 aliphatic heterocycles. The third kappa shape index (κ3) is 8.72. The van der Waals surface area contributed by atoms with Crippen LogP contribution >= 0.6 is 12.2 Å². The third-order valence-corrected chi connectivity index (χ3v) is 6.70. The van der Waals surface area contributed by atoms with Crippen molar-refractivity contribution in [2.75, 3.05) is 31.7 Å². The van der Waals surface area contributed by atoms with Crippen LogP contribution in [0.4, 0.5) is 5.69 Å². The van der Waals surface area contributed by atoms with Gasteiger partial charge < -0.3 is 14.8 Å². The van der Waals surface area contributed by atoms with Gasteiger partial charge in [0.2, 0.25) is 10.0 Å². The largest absolute Gasteiger partial charge is 0.491 e. The zero-order valence-corrected chi connectivity index (χ0v) is 21.5. The molecular formula is C26H29N3O5S2. The Morgan fingerprint density at radius 1 is 0.917 bits per heavy atom. The second kappa shape index (κ2) is 13.7. The van der Waals surface area contributed by atoms with Crippen molar-refractivity contribution < 1.29 is 22.7 Å². The van der Waals surface area contributed by atoms with Gasteiger partial charge in [-0.3, -0.25) is 10.1 Å². The predicted octanol–water partition coefficient (Wildman–Crippen LogP) is 3.75. The Balaban J connectivity index is 1.46. The first kappa shape index (κ1) is 27.3. The van der Waals surface area contributed by atoms with E-state index in [0.717, 1.165) is 5.56 Å². The Labute approximate surface area is 217 Å². The van der Waals surface area contributed by atoms with Crippen molar-refractivity contribution in [1.29, 1.82) is 0 Å². The lowest BCUT2D eigenvalue weighted by atomic mass is 10.2. The molecule has 3 aromatic carbocycles. The Kier molecular flexibility index (Phi) is 10.4. The van der Waals surface area contributed by atoms with Gasteiger partial charge in [0.05, 0.1) is 11.5 Å². The van der Waals surface area contributed by atoms with Crippen molar-refractivity contribution in [2.24, 2.45) is 0 Å². The summed E-state index contributed by atoms with van der Waals surface area (Å²) in [5, 5.41) is 5.58. The lowest BCUT2D eigenvalue weighted by molar-refractivity contribution is 0.0977. The van der Waals surface area contributed by atoms with Gasteiger partial charge in [-0.05, 0) is 79.7 Å². The summed E-state index contributed by atoms with van der Waals surface area (Å²) < 4.78 is 38.4. The van der Waals surface area contributed by atoms with E-state index in [4.69, 9.17) is 21.7 Å². The normalized spacial score (nSPS) is 11.0. The molecule has 0 spiro atoms. The quantitative estimate of drug-likeness (QED) is 0.243. The number of hydrogen-bond donors (Lipinski definition) is 3. The molecule has 8 nitrogen and oxygen atoms in total. The lowest BCUT2D eigenvalue weighted by Crippen LogP contribution is -2.34. The molecular weight excluding hydrogens is 498 g/mol. The monoisotopic (exact) mass is 527 g/mol. The average molecular weight is 528 g/mol. The molecule has 1 amide bonds. The summed E-state index contributed by atoms with van der Waals surface area (Å²) in [5.41, 5.74) is 2.01. The molecule has 0 unspecified atom stereocenters. The van der Waals surface area contributed by atoms with E-state index in [1.54, 1.807) is 36.4 Å². The van der Waals surface area contributed by atoms with Gasteiger partial charge in [0.15, 0.2) is 5.11 Å². The number of sulfonamides is 1. The number of hydrogen-bond acceptors (Lipinski definition) is 6. The minimum atomic E-state index is -3.64. The lowest BCUT2D eigenvalue weighted by Gasteiger charge is -2.11. The van der Waals surface area contributed by atoms with E-state index in [0.29, 0.717) is 49.8 Å². The van der Waals surface area contributed by atoms with Gasteiger partial charge in [-0.1, -0.05) is 30.3 Å². The molecule has 3 aromatic rings. The molecule has 0 saturated carbocycles. The summed E-state index contributed by atoms with van der Waals surface area (Å²) in [5.74, 6) is 0.256. The highest BCUT2D eigenvalue weighted by Gasteiger charge is 2.14. The van der Waals surface area contributed by atoms with Gasteiger partial charge in [-0.25, -0.2) is 13.1 Å². The number of nitrogens with one attached hydrogen (secondary N) is 3. The fraction of sp³-hybridized carbons (Fsp3) is 0.231. The van der Waals surface area contributed by atoms with E-state index >= 15 is 0 Å². The number of carbonyl (C=O) groups excluding carboxylic acids is 1. The summed E-state index contributed by atoms with van der Waals surface area (Å²) in [4.78, 5) is 12.6. The highest BCUT2D eigenvalue weighted by atomic mass is 32.2. The van der Waals surface area contributed by atoms with Gasteiger partial charge in [0.25, 0.3) is 5.91 Å². The second-order valence-electron chi connectivity index (χ2n) is 7.64. The first-order valence-electron chi connectivity index (χ1n) is 11.4. The van der Waals surface area contributed by atoms with Gasteiger partial charge in [-0.15, -0.1) is 0 Å². The number of ether oxygens (including phenoxy) is 2. The molecule has 36 heavy (non-hydrogen) atoms. The smallest absolute Gasteiger partial charge is 0.257 e. The molecule has 190 valence electrons. The van der Waals surface area contributed by atoms with Gasteiger partial charge in [-0.2, -0.15) is 0 Å². The molecule has 0 aliphatic carbocycles. The fourth-order valence-electron chi connectivity index (χ4n) is 3.18. The van der Waals surface area contributed by atoms with Crippen LogP contribution in [0.25, 0.3) is 0 Å². The van der Waals surface area contributed by atoms with E-state index in [1.165, 1.54) is 12.1 Å². The van der Waals surface area contributed by atoms with Crippen molar-refractivity contribution in [1.82, 2.24) is 10.0 Å². The van der Waals surface area contributed by atoms with Gasteiger partial charge >= 0.3 is 0 Å². The van der Waals surface area contributed by atoms with Crippen LogP contribution in [-0.4, -0.2) is 45.8 Å². The zero-order chi connectivity index (χ0) is 25.8. The zero-order valence-electron chi connectivity index (χ0n) is 19.9. The highest BCUT2D eigenvalue weighted by molar-refractivity contribution is 7.89. The van der Waals surface area contributed by atoms with Crippen LogP contribution < -0.4 is 20.1 Å². The van der Waals surface area contributed by atoms with E-state index in [2.05, 4.69) is 15.4 Å². The maximum Gasteiger partial charge on any atom is 0.257 e. The summed E-state index contributed by atoms with van der Waals surface area (Å²) in [6.07, 6.45) is 0.595. The average Bonchev–Trinajstić information content (AvgIpc) is 2.88. The van der Waals surface area contributed by atoms with Crippen LogP contribution in [0, 0.1) is 0 Å². The van der Waals surface area contributed by atoms with Crippen molar-refractivity contribution in [3.63, 3.8) is 0 Å². The Morgan fingerprint density at radius 2 is 1.61 bits per heavy atom. The fourth-order valence-corrected chi connectivity index (χ4v) is 4.42. The summed E-state index contributed by atoms with van der Waals surface area (Å²) in [7, 11) is -3.64. The van der Waals surface area contributed by atoms with E-state index in [1.807, 2.05) is 37.3 Å². The first-order chi connectivity index (χ1) is 17.4. The van der Waals surface area contributed by atoms with Crippen LogP contribution in [0.3, 0.4) is 0 Å².